The number of nitrogens with one attached hydrogen (secondary N) is 1. The van der Waals surface area contributed by atoms with Crippen molar-refractivity contribution in [2.45, 2.75) is 89.5 Å². The van der Waals surface area contributed by atoms with Gasteiger partial charge in [-0.25, -0.2) is 0 Å². The van der Waals surface area contributed by atoms with Gasteiger partial charge in [0.05, 0.1) is 6.61 Å². The summed E-state index contributed by atoms with van der Waals surface area (Å²) in [6.07, 6.45) is 11.5. The molecule has 6 atom stereocenters. The van der Waals surface area contributed by atoms with E-state index in [1.54, 1.807) is 0 Å². The van der Waals surface area contributed by atoms with Crippen molar-refractivity contribution >= 4 is 17.5 Å². The minimum atomic E-state index is -0.00587. The van der Waals surface area contributed by atoms with E-state index < -0.39 is 0 Å². The molecule has 1 heterocycles. The molecule has 0 amide bonds. The number of carbonyl (C=O) groups excluding carboxylic acids is 1. The predicted molar refractivity (Wildman–Crippen MR) is 111 cm³/mol. The zero-order chi connectivity index (χ0) is 18.7. The first-order valence-electron chi connectivity index (χ1n) is 10.9. The summed E-state index contributed by atoms with van der Waals surface area (Å²) in [4.78, 5) is 13.5. The Bertz CT molecular complexity index is 483. The second-order valence-electron chi connectivity index (χ2n) is 9.53. The molecule has 0 aromatic rings. The maximum absolute atomic E-state index is 13.5. The molecule has 0 spiro atoms. The van der Waals surface area contributed by atoms with Crippen LogP contribution in [0.4, 0.5) is 0 Å². The van der Waals surface area contributed by atoms with Gasteiger partial charge < -0.3 is 10.1 Å². The van der Waals surface area contributed by atoms with Crippen LogP contribution in [-0.2, 0) is 9.53 Å². The summed E-state index contributed by atoms with van der Waals surface area (Å²) >= 11 is 1.92. The molecule has 0 radical (unpaired) electrons. The van der Waals surface area contributed by atoms with Crippen LogP contribution in [0.5, 0.6) is 0 Å². The van der Waals surface area contributed by atoms with E-state index in [1.165, 1.54) is 25.7 Å². The van der Waals surface area contributed by atoms with E-state index in [0.29, 0.717) is 35.0 Å². The van der Waals surface area contributed by atoms with Crippen LogP contribution < -0.4 is 5.32 Å². The number of rotatable bonds is 8. The summed E-state index contributed by atoms with van der Waals surface area (Å²) in [5.41, 5.74) is -0.00587. The van der Waals surface area contributed by atoms with Crippen LogP contribution in [-0.4, -0.2) is 42.6 Å². The van der Waals surface area contributed by atoms with E-state index in [4.69, 9.17) is 4.74 Å². The summed E-state index contributed by atoms with van der Waals surface area (Å²) in [5.74, 6) is 2.15. The number of carbonyl (C=O) groups is 1. The fourth-order valence-electron chi connectivity index (χ4n) is 5.82. The van der Waals surface area contributed by atoms with Crippen LogP contribution in [0, 0.1) is 23.2 Å². The third-order valence-corrected chi connectivity index (χ3v) is 8.38. The molecule has 150 valence electrons. The molecule has 26 heavy (non-hydrogen) atoms. The minimum Gasteiger partial charge on any atom is -0.380 e. The van der Waals surface area contributed by atoms with Gasteiger partial charge >= 0.3 is 0 Å². The molecule has 2 saturated carbocycles. The Labute approximate surface area is 164 Å². The van der Waals surface area contributed by atoms with Crippen molar-refractivity contribution in [2.75, 3.05) is 19.5 Å². The number of thioether (sulfide) groups is 1. The van der Waals surface area contributed by atoms with Crippen molar-refractivity contribution in [2.24, 2.45) is 23.2 Å². The third-order valence-electron chi connectivity index (χ3n) is 7.31. The predicted octanol–water partition coefficient (Wildman–Crippen LogP) is 4.69. The maximum atomic E-state index is 13.5. The van der Waals surface area contributed by atoms with Gasteiger partial charge in [-0.15, -0.1) is 0 Å². The quantitative estimate of drug-likeness (QED) is 0.662. The molecule has 1 saturated heterocycles. The van der Waals surface area contributed by atoms with Gasteiger partial charge in [-0.3, -0.25) is 4.79 Å². The van der Waals surface area contributed by atoms with Gasteiger partial charge in [0.15, 0.2) is 0 Å². The fourth-order valence-corrected chi connectivity index (χ4v) is 6.59. The standard InChI is InChI=1S/C22H39NO2S/c1-15(2)7-8-16(3)21(24)22-10-5-6-17(22)12-18(13-22)23-19-9-11-25-14-20(19)26-4/h15-20,23H,5-14H2,1-4H3. The van der Waals surface area contributed by atoms with E-state index >= 15 is 0 Å². The summed E-state index contributed by atoms with van der Waals surface area (Å²) in [6, 6.07) is 1.08. The minimum absolute atomic E-state index is 0.00587. The van der Waals surface area contributed by atoms with Crippen molar-refractivity contribution in [3.63, 3.8) is 0 Å². The number of hydrogen-bond acceptors (Lipinski definition) is 4. The van der Waals surface area contributed by atoms with Gasteiger partial charge in [0, 0.05) is 35.3 Å². The highest BCUT2D eigenvalue weighted by Gasteiger charge is 2.55. The highest BCUT2D eigenvalue weighted by atomic mass is 32.2. The lowest BCUT2D eigenvalue weighted by atomic mass is 9.71. The lowest BCUT2D eigenvalue weighted by Crippen LogP contribution is -2.48. The van der Waals surface area contributed by atoms with Gasteiger partial charge in [-0.1, -0.05) is 33.6 Å². The van der Waals surface area contributed by atoms with Crippen molar-refractivity contribution in [1.82, 2.24) is 5.32 Å². The maximum Gasteiger partial charge on any atom is 0.142 e. The first kappa shape index (κ1) is 20.7. The summed E-state index contributed by atoms with van der Waals surface area (Å²) in [6.45, 7) is 8.46. The van der Waals surface area contributed by atoms with Crippen molar-refractivity contribution in [3.05, 3.63) is 0 Å². The number of hydrogen-bond donors (Lipinski definition) is 1. The second-order valence-corrected chi connectivity index (χ2v) is 10.6. The van der Waals surface area contributed by atoms with Crippen LogP contribution in [0.25, 0.3) is 0 Å². The molecule has 3 aliphatic rings. The molecular weight excluding hydrogens is 342 g/mol. The molecule has 0 aromatic carbocycles. The Hall–Kier alpha value is -0.0600. The van der Waals surface area contributed by atoms with Gasteiger partial charge in [0.1, 0.15) is 5.78 Å². The molecule has 3 nitrogen and oxygen atoms in total. The topological polar surface area (TPSA) is 38.3 Å². The van der Waals surface area contributed by atoms with Gasteiger partial charge in [0.25, 0.3) is 0 Å². The van der Waals surface area contributed by atoms with E-state index in [0.717, 1.165) is 38.9 Å². The Morgan fingerprint density at radius 1 is 1.27 bits per heavy atom. The van der Waals surface area contributed by atoms with Gasteiger partial charge in [0.2, 0.25) is 0 Å². The van der Waals surface area contributed by atoms with E-state index in [9.17, 15) is 4.79 Å². The molecule has 0 aromatic heterocycles. The van der Waals surface area contributed by atoms with Crippen molar-refractivity contribution in [3.8, 4) is 0 Å². The average Bonchev–Trinajstić information content (AvgIpc) is 3.17. The van der Waals surface area contributed by atoms with Crippen LogP contribution in [0.1, 0.15) is 72.1 Å². The normalized spacial score (nSPS) is 38.5. The first-order valence-corrected chi connectivity index (χ1v) is 12.2. The summed E-state index contributed by atoms with van der Waals surface area (Å²) < 4.78 is 5.66. The van der Waals surface area contributed by atoms with Gasteiger partial charge in [-0.05, 0) is 56.6 Å². The molecule has 1 aliphatic heterocycles. The molecule has 0 bridgehead atoms. The van der Waals surface area contributed by atoms with E-state index in [-0.39, 0.29) is 11.3 Å². The van der Waals surface area contributed by atoms with Crippen molar-refractivity contribution in [1.29, 1.82) is 0 Å². The third kappa shape index (κ3) is 4.33. The first-order chi connectivity index (χ1) is 12.5. The fraction of sp³-hybridized carbons (Fsp3) is 0.955. The monoisotopic (exact) mass is 381 g/mol. The highest BCUT2D eigenvalue weighted by Crippen LogP contribution is 2.56. The molecule has 2 aliphatic carbocycles. The van der Waals surface area contributed by atoms with Crippen LogP contribution in [0.2, 0.25) is 0 Å². The molecule has 1 N–H and O–H groups in total. The SMILES string of the molecule is CSC1COCCC1NC1CC2CCCC2(C(=O)C(C)CCC(C)C)C1. The van der Waals surface area contributed by atoms with Gasteiger partial charge in [-0.2, -0.15) is 11.8 Å². The van der Waals surface area contributed by atoms with Crippen molar-refractivity contribution < 1.29 is 9.53 Å². The lowest BCUT2D eigenvalue weighted by molar-refractivity contribution is -0.134. The smallest absolute Gasteiger partial charge is 0.142 e. The lowest BCUT2D eigenvalue weighted by Gasteiger charge is -2.34. The molecule has 4 heteroatoms. The van der Waals surface area contributed by atoms with Crippen LogP contribution >= 0.6 is 11.8 Å². The molecule has 3 rings (SSSR count). The number of ketones is 1. The summed E-state index contributed by atoms with van der Waals surface area (Å²) in [7, 11) is 0. The number of ether oxygens (including phenoxy) is 1. The zero-order valence-corrected chi connectivity index (χ0v) is 18.1. The highest BCUT2D eigenvalue weighted by molar-refractivity contribution is 7.99. The summed E-state index contributed by atoms with van der Waals surface area (Å²) in [5, 5.41) is 4.52. The number of fused-ring (bicyclic) bond motifs is 1. The van der Waals surface area contributed by atoms with Crippen LogP contribution in [0.3, 0.4) is 0 Å². The molecular formula is C22H39NO2S. The Balaban J connectivity index is 1.63. The Morgan fingerprint density at radius 2 is 2.08 bits per heavy atom. The van der Waals surface area contributed by atoms with Crippen LogP contribution in [0.15, 0.2) is 0 Å². The Kier molecular flexibility index (Phi) is 7.12. The Morgan fingerprint density at radius 3 is 2.81 bits per heavy atom. The number of Topliss-reactive ketones (excluding diaryl/α,β-unsaturated/α-hetero) is 1. The average molecular weight is 382 g/mol. The molecule has 6 unspecified atom stereocenters. The largest absolute Gasteiger partial charge is 0.380 e. The van der Waals surface area contributed by atoms with E-state index in [2.05, 4.69) is 32.3 Å². The molecule has 3 fully saturated rings. The zero-order valence-electron chi connectivity index (χ0n) is 17.3. The van der Waals surface area contributed by atoms with E-state index in [1.807, 2.05) is 11.8 Å². The second kappa shape index (κ2) is 8.96.